The molecule has 0 spiro atoms. The quantitative estimate of drug-likeness (QED) is 0.862. The van der Waals surface area contributed by atoms with Gasteiger partial charge in [0, 0.05) is 13.1 Å². The second-order valence-corrected chi connectivity index (χ2v) is 5.63. The Bertz CT molecular complexity index is 730. The third-order valence-corrected chi connectivity index (χ3v) is 4.28. The lowest BCUT2D eigenvalue weighted by Gasteiger charge is -2.28. The van der Waals surface area contributed by atoms with Gasteiger partial charge in [0.25, 0.3) is 5.91 Å². The Morgan fingerprint density at radius 3 is 2.17 bits per heavy atom. The van der Waals surface area contributed by atoms with Gasteiger partial charge in [-0.15, -0.1) is 0 Å². The molecule has 124 valence electrons. The fourth-order valence-corrected chi connectivity index (χ4v) is 2.99. The van der Waals surface area contributed by atoms with Crippen molar-refractivity contribution in [3.05, 3.63) is 65.7 Å². The van der Waals surface area contributed by atoms with E-state index in [4.69, 9.17) is 9.47 Å². The van der Waals surface area contributed by atoms with Crippen LogP contribution in [0, 0.1) is 0 Å². The van der Waals surface area contributed by atoms with Crippen LogP contribution in [-0.2, 0) is 0 Å². The first-order chi connectivity index (χ1) is 11.7. The molecule has 3 rings (SSSR count). The lowest BCUT2D eigenvalue weighted by Crippen LogP contribution is -2.35. The number of hydrogen-bond donors (Lipinski definition) is 0. The predicted molar refractivity (Wildman–Crippen MR) is 94.5 cm³/mol. The molecule has 0 N–H and O–H groups in total. The zero-order valence-electron chi connectivity index (χ0n) is 14.0. The molecule has 1 heterocycles. The number of amides is 1. The van der Waals surface area contributed by atoms with Gasteiger partial charge in [0.2, 0.25) is 0 Å². The van der Waals surface area contributed by atoms with Crippen LogP contribution in [0.5, 0.6) is 11.5 Å². The molecule has 1 aliphatic rings. The molecule has 24 heavy (non-hydrogen) atoms. The fourth-order valence-electron chi connectivity index (χ4n) is 2.99. The topological polar surface area (TPSA) is 38.8 Å². The van der Waals surface area contributed by atoms with E-state index in [0.29, 0.717) is 30.2 Å². The lowest BCUT2D eigenvalue weighted by molar-refractivity contribution is 0.0766. The van der Waals surface area contributed by atoms with Crippen molar-refractivity contribution in [2.24, 2.45) is 0 Å². The van der Waals surface area contributed by atoms with Gasteiger partial charge in [-0.3, -0.25) is 4.79 Å². The molecule has 1 amide bonds. The maximum atomic E-state index is 12.9. The monoisotopic (exact) mass is 323 g/mol. The van der Waals surface area contributed by atoms with Gasteiger partial charge in [0.1, 0.15) is 17.1 Å². The van der Waals surface area contributed by atoms with Crippen molar-refractivity contribution in [2.75, 3.05) is 27.3 Å². The summed E-state index contributed by atoms with van der Waals surface area (Å²) in [6.07, 6.45) is 2.96. The summed E-state index contributed by atoms with van der Waals surface area (Å²) in [6, 6.07) is 15.7. The number of methoxy groups -OCH3 is 2. The van der Waals surface area contributed by atoms with Crippen molar-refractivity contribution in [2.45, 2.75) is 6.42 Å². The highest BCUT2D eigenvalue weighted by atomic mass is 16.5. The molecule has 0 saturated carbocycles. The summed E-state index contributed by atoms with van der Waals surface area (Å²) < 4.78 is 10.7. The minimum atomic E-state index is -0.0624. The molecule has 4 heteroatoms. The minimum Gasteiger partial charge on any atom is -0.496 e. The molecule has 1 aliphatic heterocycles. The first kappa shape index (κ1) is 16.1. The number of hydrogen-bond acceptors (Lipinski definition) is 3. The van der Waals surface area contributed by atoms with E-state index in [-0.39, 0.29) is 5.91 Å². The lowest BCUT2D eigenvalue weighted by atomic mass is 9.99. The Morgan fingerprint density at radius 1 is 0.958 bits per heavy atom. The first-order valence-corrected chi connectivity index (χ1v) is 7.99. The number of carbonyl (C=O) groups is 1. The smallest absolute Gasteiger partial charge is 0.261 e. The summed E-state index contributed by atoms with van der Waals surface area (Å²) >= 11 is 0. The summed E-state index contributed by atoms with van der Waals surface area (Å²) in [4.78, 5) is 14.8. The fraction of sp³-hybridized carbons (Fsp3) is 0.250. The van der Waals surface area contributed by atoms with E-state index >= 15 is 0 Å². The second-order valence-electron chi connectivity index (χ2n) is 5.63. The van der Waals surface area contributed by atoms with Gasteiger partial charge in [-0.2, -0.15) is 0 Å². The highest BCUT2D eigenvalue weighted by molar-refractivity contribution is 6.00. The highest BCUT2D eigenvalue weighted by Gasteiger charge is 2.25. The summed E-state index contributed by atoms with van der Waals surface area (Å²) in [5.41, 5.74) is 2.99. The van der Waals surface area contributed by atoms with Crippen LogP contribution in [0.3, 0.4) is 0 Å². The Kier molecular flexibility index (Phi) is 4.85. The molecular weight excluding hydrogens is 302 g/mol. The van der Waals surface area contributed by atoms with Crippen LogP contribution in [0.2, 0.25) is 0 Å². The summed E-state index contributed by atoms with van der Waals surface area (Å²) in [5.74, 6) is 1.02. The molecule has 0 fully saturated rings. The standard InChI is InChI=1S/C20H21NO3/c1-23-17-9-6-10-18(24-2)19(17)20(22)21-13-11-16(12-14-21)15-7-4-3-5-8-15/h3-11H,12-14H2,1-2H3. The average Bonchev–Trinajstić information content (AvgIpc) is 2.67. The van der Waals surface area contributed by atoms with Gasteiger partial charge < -0.3 is 14.4 Å². The van der Waals surface area contributed by atoms with Crippen molar-refractivity contribution in [1.29, 1.82) is 0 Å². The Labute approximate surface area is 142 Å². The highest BCUT2D eigenvalue weighted by Crippen LogP contribution is 2.31. The maximum Gasteiger partial charge on any atom is 0.261 e. The van der Waals surface area contributed by atoms with Crippen LogP contribution in [-0.4, -0.2) is 38.1 Å². The van der Waals surface area contributed by atoms with Crippen LogP contribution in [0.25, 0.3) is 5.57 Å². The number of ether oxygens (including phenoxy) is 2. The van der Waals surface area contributed by atoms with Crippen LogP contribution in [0.15, 0.2) is 54.6 Å². The molecule has 0 unspecified atom stereocenters. The molecule has 0 aromatic heterocycles. The van der Waals surface area contributed by atoms with Crippen molar-refractivity contribution < 1.29 is 14.3 Å². The molecular formula is C20H21NO3. The van der Waals surface area contributed by atoms with Crippen LogP contribution in [0.4, 0.5) is 0 Å². The van der Waals surface area contributed by atoms with Gasteiger partial charge in [-0.25, -0.2) is 0 Å². The zero-order valence-corrected chi connectivity index (χ0v) is 14.0. The molecule has 0 radical (unpaired) electrons. The average molecular weight is 323 g/mol. The maximum absolute atomic E-state index is 12.9. The van der Waals surface area contributed by atoms with E-state index in [0.717, 1.165) is 6.42 Å². The predicted octanol–water partition coefficient (Wildman–Crippen LogP) is 3.63. The SMILES string of the molecule is COc1cccc(OC)c1C(=O)N1CC=C(c2ccccc2)CC1. The van der Waals surface area contributed by atoms with Crippen molar-refractivity contribution in [3.63, 3.8) is 0 Å². The van der Waals surface area contributed by atoms with Crippen molar-refractivity contribution >= 4 is 11.5 Å². The van der Waals surface area contributed by atoms with Gasteiger partial charge in [-0.1, -0.05) is 42.5 Å². The van der Waals surface area contributed by atoms with Crippen LogP contribution >= 0.6 is 0 Å². The van der Waals surface area contributed by atoms with Crippen LogP contribution < -0.4 is 9.47 Å². The van der Waals surface area contributed by atoms with Gasteiger partial charge >= 0.3 is 0 Å². The molecule has 0 bridgehead atoms. The molecule has 0 atom stereocenters. The summed E-state index contributed by atoms with van der Waals surface area (Å²) in [6.45, 7) is 1.27. The molecule has 0 saturated heterocycles. The minimum absolute atomic E-state index is 0.0624. The van der Waals surface area contributed by atoms with E-state index in [9.17, 15) is 4.79 Å². The number of nitrogens with zero attached hydrogens (tertiary/aromatic N) is 1. The Hall–Kier alpha value is -2.75. The van der Waals surface area contributed by atoms with Crippen molar-refractivity contribution in [3.8, 4) is 11.5 Å². The molecule has 2 aromatic carbocycles. The van der Waals surface area contributed by atoms with E-state index in [1.54, 1.807) is 26.4 Å². The van der Waals surface area contributed by atoms with E-state index in [1.165, 1.54) is 11.1 Å². The third-order valence-electron chi connectivity index (χ3n) is 4.28. The van der Waals surface area contributed by atoms with Crippen LogP contribution in [0.1, 0.15) is 22.3 Å². The molecule has 0 aliphatic carbocycles. The third kappa shape index (κ3) is 3.13. The number of carbonyl (C=O) groups excluding carboxylic acids is 1. The number of rotatable bonds is 4. The Balaban J connectivity index is 1.82. The normalized spacial score (nSPS) is 14.1. The molecule has 2 aromatic rings. The molecule has 4 nitrogen and oxygen atoms in total. The van der Waals surface area contributed by atoms with E-state index < -0.39 is 0 Å². The largest absolute Gasteiger partial charge is 0.496 e. The first-order valence-electron chi connectivity index (χ1n) is 7.99. The summed E-state index contributed by atoms with van der Waals surface area (Å²) in [7, 11) is 3.13. The number of benzene rings is 2. The Morgan fingerprint density at radius 2 is 1.62 bits per heavy atom. The summed E-state index contributed by atoms with van der Waals surface area (Å²) in [5, 5.41) is 0. The van der Waals surface area contributed by atoms with Gasteiger partial charge in [-0.05, 0) is 29.7 Å². The zero-order chi connectivity index (χ0) is 16.9. The van der Waals surface area contributed by atoms with Gasteiger partial charge in [0.15, 0.2) is 0 Å². The van der Waals surface area contributed by atoms with Crippen molar-refractivity contribution in [1.82, 2.24) is 4.90 Å². The second kappa shape index (κ2) is 7.21. The van der Waals surface area contributed by atoms with Gasteiger partial charge in [0.05, 0.1) is 14.2 Å². The van der Waals surface area contributed by atoms with E-state index in [2.05, 4.69) is 18.2 Å². The van der Waals surface area contributed by atoms with E-state index in [1.807, 2.05) is 29.2 Å².